The number of benzene rings is 1. The zero-order chi connectivity index (χ0) is 34.2. The van der Waals surface area contributed by atoms with Gasteiger partial charge < -0.3 is 30.0 Å². The van der Waals surface area contributed by atoms with Crippen molar-refractivity contribution in [2.75, 3.05) is 0 Å². The van der Waals surface area contributed by atoms with Crippen LogP contribution in [0.1, 0.15) is 126 Å². The summed E-state index contributed by atoms with van der Waals surface area (Å²) in [5.74, 6) is -2.28. The number of aromatic carboxylic acids is 3. The molecule has 0 aliphatic carbocycles. The van der Waals surface area contributed by atoms with Crippen LogP contribution in [-0.4, -0.2) is 65.7 Å². The van der Waals surface area contributed by atoms with E-state index in [2.05, 4.69) is 37.7 Å². The number of nitrogens with zero attached hydrogens (tertiary/aromatic N) is 3. The molecule has 0 saturated carbocycles. The van der Waals surface area contributed by atoms with Crippen LogP contribution >= 0.6 is 0 Å². The number of carbonyl (C=O) groups is 4. The minimum atomic E-state index is -1.48. The number of imidazole rings is 2. The topological polar surface area (TPSA) is 219 Å². The molecule has 3 aromatic rings. The van der Waals surface area contributed by atoms with Gasteiger partial charge in [-0.3, -0.25) is 4.79 Å². The Kier molecular flexibility index (Phi) is 19.9. The first-order chi connectivity index (χ1) is 22.1. The van der Waals surface area contributed by atoms with E-state index in [1.165, 1.54) is 57.8 Å². The molecule has 13 nitrogen and oxygen atoms in total. The molecule has 0 spiro atoms. The van der Waals surface area contributed by atoms with Crippen LogP contribution in [0, 0.1) is 11.3 Å². The molecule has 1 atom stereocenters. The summed E-state index contributed by atoms with van der Waals surface area (Å²) in [6, 6.07) is 4.96. The van der Waals surface area contributed by atoms with Crippen LogP contribution in [0.25, 0.3) is 0 Å². The smallest absolute Gasteiger partial charge is 0.336 e. The van der Waals surface area contributed by atoms with E-state index < -0.39 is 29.0 Å². The number of rotatable bonds is 19. The van der Waals surface area contributed by atoms with Gasteiger partial charge in [0, 0.05) is 44.3 Å². The first-order valence-corrected chi connectivity index (χ1v) is 15.4. The van der Waals surface area contributed by atoms with Gasteiger partial charge in [-0.05, 0) is 31.5 Å². The monoisotopic (exact) mass is 639 g/mol. The minimum Gasteiger partial charge on any atom is -0.478 e. The maximum Gasteiger partial charge on any atom is 0.336 e. The fourth-order valence-electron chi connectivity index (χ4n) is 4.31. The molecular formula is C33H45N5O8. The molecule has 13 heteroatoms. The van der Waals surface area contributed by atoms with Crippen LogP contribution < -0.4 is 0 Å². The summed E-state index contributed by atoms with van der Waals surface area (Å²) in [7, 11) is 0. The van der Waals surface area contributed by atoms with E-state index in [0.717, 1.165) is 48.4 Å². The Morgan fingerprint density at radius 3 is 2.11 bits per heavy atom. The second kappa shape index (κ2) is 23.4. The van der Waals surface area contributed by atoms with Gasteiger partial charge in [-0.15, -0.1) is 0 Å². The van der Waals surface area contributed by atoms with Crippen LogP contribution in [0.2, 0.25) is 0 Å². The number of aryl methyl sites for hydroxylation is 2. The Morgan fingerprint density at radius 2 is 1.57 bits per heavy atom. The normalized spacial score (nSPS) is 10.7. The number of carboxylic acids is 3. The van der Waals surface area contributed by atoms with Crippen LogP contribution in [-0.2, 0) is 28.8 Å². The van der Waals surface area contributed by atoms with Crippen molar-refractivity contribution in [1.82, 2.24) is 19.9 Å². The molecule has 3 rings (SSSR count). The Balaban J connectivity index is 0.000000360. The molecular weight excluding hydrogens is 594 g/mol. The number of ether oxygens (including phenoxy) is 1. The van der Waals surface area contributed by atoms with Crippen LogP contribution in [0.15, 0.2) is 36.8 Å². The number of nitriles is 1. The van der Waals surface area contributed by atoms with Gasteiger partial charge in [-0.1, -0.05) is 58.3 Å². The van der Waals surface area contributed by atoms with Crippen molar-refractivity contribution in [2.45, 2.75) is 103 Å². The number of H-pyrrole nitrogens is 2. The highest BCUT2D eigenvalue weighted by Crippen LogP contribution is 2.13. The lowest BCUT2D eigenvalue weighted by Crippen LogP contribution is -2.11. The van der Waals surface area contributed by atoms with Gasteiger partial charge in [0.25, 0.3) is 6.47 Å². The maximum atomic E-state index is 10.6. The Morgan fingerprint density at radius 1 is 0.913 bits per heavy atom. The SMILES string of the molecule is CC(Cc1ncc[nH]1)OC=O.CCCCCCCCCCCc1nc(CCC#N)c[nH]1.O=C(O)c1ccc(C(=O)O)c(C(=O)O)c1. The van der Waals surface area contributed by atoms with Gasteiger partial charge in [0.2, 0.25) is 0 Å². The second-order valence-electron chi connectivity index (χ2n) is 10.5. The van der Waals surface area contributed by atoms with Gasteiger partial charge >= 0.3 is 17.9 Å². The Hall–Kier alpha value is -4.99. The molecule has 1 aromatic carbocycles. The Bertz CT molecular complexity index is 1360. The fourth-order valence-corrected chi connectivity index (χ4v) is 4.31. The molecule has 0 aliphatic rings. The largest absolute Gasteiger partial charge is 0.478 e. The Labute approximate surface area is 269 Å². The number of aromatic amines is 2. The molecule has 1 unspecified atom stereocenters. The molecule has 0 bridgehead atoms. The quantitative estimate of drug-likeness (QED) is 0.0730. The minimum absolute atomic E-state index is 0.112. The van der Waals surface area contributed by atoms with E-state index in [0.29, 0.717) is 19.3 Å². The van der Waals surface area contributed by atoms with Crippen LogP contribution in [0.3, 0.4) is 0 Å². The highest BCUT2D eigenvalue weighted by Gasteiger charge is 2.18. The fraction of sp³-hybridized carbons (Fsp3) is 0.485. The molecule has 2 heterocycles. The summed E-state index contributed by atoms with van der Waals surface area (Å²) in [5, 5.41) is 34.4. The van der Waals surface area contributed by atoms with Crippen molar-refractivity contribution in [3.8, 4) is 6.07 Å². The van der Waals surface area contributed by atoms with Gasteiger partial charge in [-0.25, -0.2) is 24.4 Å². The highest BCUT2D eigenvalue weighted by molar-refractivity contribution is 6.03. The van der Waals surface area contributed by atoms with E-state index in [9.17, 15) is 19.2 Å². The first-order valence-electron chi connectivity index (χ1n) is 15.4. The van der Waals surface area contributed by atoms with E-state index >= 15 is 0 Å². The maximum absolute atomic E-state index is 10.6. The lowest BCUT2D eigenvalue weighted by Gasteiger charge is -2.05. The third kappa shape index (κ3) is 16.7. The average molecular weight is 640 g/mol. The van der Waals surface area contributed by atoms with Crippen molar-refractivity contribution < 1.29 is 39.2 Å². The summed E-state index contributed by atoms with van der Waals surface area (Å²) >= 11 is 0. The average Bonchev–Trinajstić information content (AvgIpc) is 3.72. The lowest BCUT2D eigenvalue weighted by atomic mass is 10.0. The zero-order valence-corrected chi connectivity index (χ0v) is 26.5. The molecule has 2 aromatic heterocycles. The predicted octanol–water partition coefficient (Wildman–Crippen LogP) is 6.23. The zero-order valence-electron chi connectivity index (χ0n) is 26.5. The summed E-state index contributed by atoms with van der Waals surface area (Å²) in [6.07, 6.45) is 20.5. The molecule has 0 saturated heterocycles. The summed E-state index contributed by atoms with van der Waals surface area (Å²) in [5.41, 5.74) is -0.218. The van der Waals surface area contributed by atoms with Crippen molar-refractivity contribution >= 4 is 24.4 Å². The van der Waals surface area contributed by atoms with Gasteiger partial charge in [-0.2, -0.15) is 5.26 Å². The van der Waals surface area contributed by atoms with Crippen molar-refractivity contribution in [3.63, 3.8) is 0 Å². The van der Waals surface area contributed by atoms with Crippen molar-refractivity contribution in [2.24, 2.45) is 0 Å². The second-order valence-corrected chi connectivity index (χ2v) is 10.5. The van der Waals surface area contributed by atoms with Gasteiger partial charge in [0.05, 0.1) is 28.5 Å². The van der Waals surface area contributed by atoms with Crippen molar-refractivity contribution in [3.05, 3.63) is 70.8 Å². The number of nitrogens with one attached hydrogen (secondary N) is 2. The third-order valence-electron chi connectivity index (χ3n) is 6.74. The number of carbonyl (C=O) groups excluding carboxylic acids is 1. The van der Waals surface area contributed by atoms with E-state index in [4.69, 9.17) is 20.6 Å². The molecule has 0 radical (unpaired) electrons. The number of carboxylic acid groups (broad SMARTS) is 3. The number of aromatic nitrogens is 4. The summed E-state index contributed by atoms with van der Waals surface area (Å²) in [6.45, 7) is 4.53. The number of hydrogen-bond donors (Lipinski definition) is 5. The number of hydrogen-bond acceptors (Lipinski definition) is 8. The van der Waals surface area contributed by atoms with E-state index in [1.54, 1.807) is 12.4 Å². The van der Waals surface area contributed by atoms with E-state index in [-0.39, 0.29) is 11.7 Å². The lowest BCUT2D eigenvalue weighted by molar-refractivity contribution is -0.132. The number of unbranched alkanes of at least 4 members (excludes halogenated alkanes) is 8. The highest BCUT2D eigenvalue weighted by atomic mass is 16.5. The van der Waals surface area contributed by atoms with Crippen molar-refractivity contribution in [1.29, 1.82) is 5.26 Å². The molecule has 250 valence electrons. The third-order valence-corrected chi connectivity index (χ3v) is 6.74. The van der Waals surface area contributed by atoms with Gasteiger partial charge in [0.15, 0.2) is 0 Å². The molecule has 5 N–H and O–H groups in total. The molecule has 0 fully saturated rings. The van der Waals surface area contributed by atoms with Crippen LogP contribution in [0.4, 0.5) is 0 Å². The van der Waals surface area contributed by atoms with Gasteiger partial charge in [0.1, 0.15) is 17.8 Å². The van der Waals surface area contributed by atoms with Crippen LogP contribution in [0.5, 0.6) is 0 Å². The molecule has 46 heavy (non-hydrogen) atoms. The molecule has 0 amide bonds. The standard InChI is InChI=1S/C17H29N3.C9H6O6.C7H10N2O2/c1-2-3-4-5-6-7-8-9-10-13-17-19-15-16(20-17)12-11-14-18;10-7(11)4-1-2-5(8(12)13)6(3-4)9(14)15;1-6(11-5-10)4-7-8-2-3-9-7/h15H,2-13H2,1H3,(H,19,20);1-3H,(H,10,11)(H,12,13)(H,14,15);2-3,5-6H,4H2,1H3,(H,8,9). The molecule has 0 aliphatic heterocycles. The predicted molar refractivity (Wildman–Crippen MR) is 170 cm³/mol. The van der Waals surface area contributed by atoms with E-state index in [1.807, 2.05) is 13.1 Å². The summed E-state index contributed by atoms with van der Waals surface area (Å²) < 4.78 is 4.67. The first kappa shape index (κ1) is 39.0. The summed E-state index contributed by atoms with van der Waals surface area (Å²) in [4.78, 5) is 56.3.